The summed E-state index contributed by atoms with van der Waals surface area (Å²) < 4.78 is 10.1. The Morgan fingerprint density at radius 3 is 2.07 bits per heavy atom. The first kappa shape index (κ1) is 13.8. The molecular formula is C9H20O5. The zero-order chi connectivity index (χ0) is 10.8. The molecule has 0 aromatic carbocycles. The van der Waals surface area contributed by atoms with Gasteiger partial charge < -0.3 is 24.8 Å². The number of hydrogen-bond acceptors (Lipinski definition) is 5. The average Bonchev–Trinajstić information content (AvgIpc) is 2.21. The van der Waals surface area contributed by atoms with Gasteiger partial charge in [-0.3, -0.25) is 0 Å². The van der Waals surface area contributed by atoms with Crippen molar-refractivity contribution in [3.8, 4) is 0 Å². The highest BCUT2D eigenvalue weighted by Crippen LogP contribution is 1.96. The van der Waals surface area contributed by atoms with E-state index in [1.165, 1.54) is 0 Å². The maximum atomic E-state index is 9.26. The van der Waals surface area contributed by atoms with E-state index in [-0.39, 0.29) is 39.0 Å². The van der Waals surface area contributed by atoms with Crippen LogP contribution in [0, 0.1) is 5.92 Å². The first-order chi connectivity index (χ1) is 6.74. The molecule has 0 rings (SSSR count). The Bertz CT molecular complexity index is 116. The van der Waals surface area contributed by atoms with Gasteiger partial charge in [-0.2, -0.15) is 0 Å². The molecule has 3 N–H and O–H groups in total. The molecule has 0 aliphatic carbocycles. The van der Waals surface area contributed by atoms with E-state index in [1.54, 1.807) is 0 Å². The summed E-state index contributed by atoms with van der Waals surface area (Å²) in [5, 5.41) is 26.7. The van der Waals surface area contributed by atoms with E-state index < -0.39 is 6.10 Å². The van der Waals surface area contributed by atoms with E-state index in [0.29, 0.717) is 6.61 Å². The molecule has 86 valence electrons. The number of aliphatic hydroxyl groups excluding tert-OH is 3. The van der Waals surface area contributed by atoms with E-state index in [1.807, 2.05) is 6.92 Å². The van der Waals surface area contributed by atoms with Gasteiger partial charge in [-0.1, -0.05) is 0 Å². The van der Waals surface area contributed by atoms with Crippen LogP contribution in [0.4, 0.5) is 0 Å². The molecule has 0 heterocycles. The van der Waals surface area contributed by atoms with Crippen molar-refractivity contribution in [2.24, 2.45) is 5.92 Å². The molecule has 1 atom stereocenters. The molecule has 0 saturated carbocycles. The predicted octanol–water partition coefficient (Wildman–Crippen LogP) is -0.999. The smallest absolute Gasteiger partial charge is 0.101 e. The molecule has 14 heavy (non-hydrogen) atoms. The van der Waals surface area contributed by atoms with Gasteiger partial charge in [-0.05, 0) is 6.92 Å². The Labute approximate surface area is 84.3 Å². The summed E-state index contributed by atoms with van der Waals surface area (Å²) in [5.41, 5.74) is 0. The zero-order valence-corrected chi connectivity index (χ0v) is 8.56. The second-order valence-corrected chi connectivity index (χ2v) is 3.08. The lowest BCUT2D eigenvalue weighted by atomic mass is 10.2. The van der Waals surface area contributed by atoms with Crippen molar-refractivity contribution in [1.82, 2.24) is 0 Å². The summed E-state index contributed by atoms with van der Waals surface area (Å²) in [6, 6.07) is 0. The number of hydrogen-bond donors (Lipinski definition) is 3. The molecule has 0 aromatic heterocycles. The van der Waals surface area contributed by atoms with Gasteiger partial charge in [-0.25, -0.2) is 0 Å². The van der Waals surface area contributed by atoms with Crippen molar-refractivity contribution in [2.75, 3.05) is 39.6 Å². The Morgan fingerprint density at radius 2 is 1.57 bits per heavy atom. The van der Waals surface area contributed by atoms with Crippen molar-refractivity contribution in [1.29, 1.82) is 0 Å². The fourth-order valence-electron chi connectivity index (χ4n) is 0.836. The molecule has 5 nitrogen and oxygen atoms in total. The van der Waals surface area contributed by atoms with Crippen LogP contribution in [-0.4, -0.2) is 61.1 Å². The van der Waals surface area contributed by atoms with Gasteiger partial charge in [0.05, 0.1) is 33.0 Å². The minimum atomic E-state index is -0.645. The molecular weight excluding hydrogens is 188 g/mol. The topological polar surface area (TPSA) is 79.2 Å². The highest BCUT2D eigenvalue weighted by molar-refractivity contribution is 4.55. The second-order valence-electron chi connectivity index (χ2n) is 3.08. The average molecular weight is 208 g/mol. The zero-order valence-electron chi connectivity index (χ0n) is 8.56. The third-order valence-corrected chi connectivity index (χ3v) is 1.69. The molecule has 0 amide bonds. The molecule has 0 fully saturated rings. The van der Waals surface area contributed by atoms with Gasteiger partial charge in [0.1, 0.15) is 6.10 Å². The molecule has 5 heteroatoms. The van der Waals surface area contributed by atoms with Crippen molar-refractivity contribution >= 4 is 0 Å². The lowest BCUT2D eigenvalue weighted by molar-refractivity contribution is -0.0333. The van der Waals surface area contributed by atoms with Crippen LogP contribution in [-0.2, 0) is 9.47 Å². The van der Waals surface area contributed by atoms with Crippen LogP contribution < -0.4 is 0 Å². The number of ether oxygens (including phenoxy) is 2. The summed E-state index contributed by atoms with van der Waals surface area (Å²) in [4.78, 5) is 0. The monoisotopic (exact) mass is 208 g/mol. The summed E-state index contributed by atoms with van der Waals surface area (Å²) in [7, 11) is 0. The molecule has 0 aliphatic rings. The van der Waals surface area contributed by atoms with Crippen LogP contribution in [0.3, 0.4) is 0 Å². The minimum Gasteiger partial charge on any atom is -0.396 e. The van der Waals surface area contributed by atoms with Gasteiger partial charge in [-0.15, -0.1) is 0 Å². The molecule has 0 bridgehead atoms. The first-order valence-corrected chi connectivity index (χ1v) is 4.79. The van der Waals surface area contributed by atoms with E-state index in [2.05, 4.69) is 0 Å². The van der Waals surface area contributed by atoms with Crippen molar-refractivity contribution in [2.45, 2.75) is 13.0 Å². The van der Waals surface area contributed by atoms with Crippen LogP contribution in [0.1, 0.15) is 6.92 Å². The Morgan fingerprint density at radius 1 is 1.00 bits per heavy atom. The lowest BCUT2D eigenvalue weighted by Crippen LogP contribution is -2.25. The summed E-state index contributed by atoms with van der Waals surface area (Å²) >= 11 is 0. The maximum absolute atomic E-state index is 9.26. The Kier molecular flexibility index (Phi) is 9.23. The van der Waals surface area contributed by atoms with Gasteiger partial charge in [0.2, 0.25) is 0 Å². The molecule has 0 saturated heterocycles. The molecule has 0 radical (unpaired) electrons. The highest BCUT2D eigenvalue weighted by atomic mass is 16.5. The minimum absolute atomic E-state index is 0.113. The first-order valence-electron chi connectivity index (χ1n) is 4.79. The van der Waals surface area contributed by atoms with Crippen LogP contribution in [0.15, 0.2) is 0 Å². The van der Waals surface area contributed by atoms with Gasteiger partial charge in [0, 0.05) is 12.5 Å². The van der Waals surface area contributed by atoms with Gasteiger partial charge >= 0.3 is 0 Å². The number of rotatable bonds is 9. The molecule has 1 unspecified atom stereocenters. The second kappa shape index (κ2) is 9.36. The van der Waals surface area contributed by atoms with Crippen LogP contribution in [0.5, 0.6) is 0 Å². The maximum Gasteiger partial charge on any atom is 0.101 e. The quantitative estimate of drug-likeness (QED) is 0.453. The lowest BCUT2D eigenvalue weighted by Gasteiger charge is -2.14. The van der Waals surface area contributed by atoms with Crippen LogP contribution in [0.2, 0.25) is 0 Å². The molecule has 0 aromatic rings. The molecule has 0 spiro atoms. The number of aliphatic hydroxyl groups is 3. The van der Waals surface area contributed by atoms with Crippen molar-refractivity contribution in [3.63, 3.8) is 0 Å². The summed E-state index contributed by atoms with van der Waals surface area (Å²) in [6.45, 7) is 2.84. The third kappa shape index (κ3) is 7.23. The standard InChI is InChI=1S/C9H20O5/c1-2-13-6-9(12)7-14-5-8(3-10)4-11/h8-12H,2-7H2,1H3. The van der Waals surface area contributed by atoms with Crippen molar-refractivity contribution < 1.29 is 24.8 Å². The summed E-state index contributed by atoms with van der Waals surface area (Å²) in [6.07, 6.45) is -0.645. The fourth-order valence-corrected chi connectivity index (χ4v) is 0.836. The largest absolute Gasteiger partial charge is 0.396 e. The fraction of sp³-hybridized carbons (Fsp3) is 1.00. The van der Waals surface area contributed by atoms with Gasteiger partial charge in [0.25, 0.3) is 0 Å². The Hall–Kier alpha value is -0.200. The predicted molar refractivity (Wildman–Crippen MR) is 51.0 cm³/mol. The van der Waals surface area contributed by atoms with E-state index in [0.717, 1.165) is 0 Å². The SMILES string of the molecule is CCOCC(O)COCC(CO)CO. The highest BCUT2D eigenvalue weighted by Gasteiger charge is 2.08. The van der Waals surface area contributed by atoms with Crippen LogP contribution >= 0.6 is 0 Å². The molecule has 0 aliphatic heterocycles. The van der Waals surface area contributed by atoms with E-state index >= 15 is 0 Å². The Balaban J connectivity index is 3.33. The van der Waals surface area contributed by atoms with E-state index in [9.17, 15) is 5.11 Å². The van der Waals surface area contributed by atoms with Crippen molar-refractivity contribution in [3.05, 3.63) is 0 Å². The third-order valence-electron chi connectivity index (χ3n) is 1.69. The van der Waals surface area contributed by atoms with Crippen LogP contribution in [0.25, 0.3) is 0 Å². The van der Waals surface area contributed by atoms with Gasteiger partial charge in [0.15, 0.2) is 0 Å². The van der Waals surface area contributed by atoms with E-state index in [4.69, 9.17) is 19.7 Å². The normalized spacial score (nSPS) is 13.5. The summed E-state index contributed by atoms with van der Waals surface area (Å²) in [5.74, 6) is -0.269.